The van der Waals surface area contributed by atoms with Crippen LogP contribution in [0.4, 0.5) is 5.69 Å². The summed E-state index contributed by atoms with van der Waals surface area (Å²) >= 11 is 0. The molecule has 1 saturated heterocycles. The summed E-state index contributed by atoms with van der Waals surface area (Å²) in [5.41, 5.74) is 2.67. The average Bonchev–Trinajstić information content (AvgIpc) is 2.72. The van der Waals surface area contributed by atoms with Crippen molar-refractivity contribution in [2.24, 2.45) is 0 Å². The lowest BCUT2D eigenvalue weighted by atomic mass is 9.98. The SMILES string of the molecule is C=CC(=O)N1CCCc2cc(C(=O)N3CCC(OCCN(C)C)CC3)ccc21. The second-order valence-electron chi connectivity index (χ2n) is 7.81. The molecule has 3 rings (SSSR count). The van der Waals surface area contributed by atoms with Crippen LogP contribution in [0.1, 0.15) is 35.2 Å². The van der Waals surface area contributed by atoms with Crippen molar-refractivity contribution in [2.75, 3.05) is 51.8 Å². The molecular weight excluding hydrogens is 354 g/mol. The van der Waals surface area contributed by atoms with Gasteiger partial charge in [0.1, 0.15) is 0 Å². The number of likely N-dealkylation sites (N-methyl/N-ethyl adjacent to an activating group) is 1. The Kier molecular flexibility index (Phi) is 6.86. The highest BCUT2D eigenvalue weighted by Crippen LogP contribution is 2.29. The third kappa shape index (κ3) is 4.80. The van der Waals surface area contributed by atoms with Crippen LogP contribution in [-0.4, -0.2) is 74.6 Å². The molecule has 2 heterocycles. The van der Waals surface area contributed by atoms with E-state index in [1.807, 2.05) is 37.2 Å². The lowest BCUT2D eigenvalue weighted by Gasteiger charge is -2.33. The van der Waals surface area contributed by atoms with Crippen molar-refractivity contribution in [3.63, 3.8) is 0 Å². The summed E-state index contributed by atoms with van der Waals surface area (Å²) in [4.78, 5) is 30.8. The van der Waals surface area contributed by atoms with Gasteiger partial charge < -0.3 is 19.4 Å². The highest BCUT2D eigenvalue weighted by molar-refractivity contribution is 6.02. The summed E-state index contributed by atoms with van der Waals surface area (Å²) in [5, 5.41) is 0. The van der Waals surface area contributed by atoms with Gasteiger partial charge in [-0.1, -0.05) is 6.58 Å². The molecule has 0 atom stereocenters. The van der Waals surface area contributed by atoms with Crippen LogP contribution < -0.4 is 4.90 Å². The van der Waals surface area contributed by atoms with Gasteiger partial charge in [-0.2, -0.15) is 0 Å². The summed E-state index contributed by atoms with van der Waals surface area (Å²) in [6.07, 6.45) is 5.14. The molecular formula is C22H31N3O3. The number of ether oxygens (including phenoxy) is 1. The van der Waals surface area contributed by atoms with Gasteiger partial charge in [-0.3, -0.25) is 9.59 Å². The van der Waals surface area contributed by atoms with Crippen LogP contribution in [0.15, 0.2) is 30.9 Å². The molecule has 1 aromatic carbocycles. The predicted molar refractivity (Wildman–Crippen MR) is 111 cm³/mol. The third-order valence-corrected chi connectivity index (χ3v) is 5.51. The van der Waals surface area contributed by atoms with Crippen LogP contribution >= 0.6 is 0 Å². The third-order valence-electron chi connectivity index (χ3n) is 5.51. The molecule has 1 fully saturated rings. The lowest BCUT2D eigenvalue weighted by Crippen LogP contribution is -2.41. The van der Waals surface area contributed by atoms with E-state index < -0.39 is 0 Å². The maximum absolute atomic E-state index is 12.9. The average molecular weight is 386 g/mol. The van der Waals surface area contributed by atoms with E-state index in [0.717, 1.165) is 63.2 Å². The van der Waals surface area contributed by atoms with Gasteiger partial charge in [0.2, 0.25) is 5.91 Å². The van der Waals surface area contributed by atoms with Gasteiger partial charge in [-0.05, 0) is 69.6 Å². The molecule has 2 aliphatic rings. The normalized spacial score (nSPS) is 17.5. The van der Waals surface area contributed by atoms with Crippen molar-refractivity contribution in [3.8, 4) is 0 Å². The Labute approximate surface area is 167 Å². The molecule has 0 aromatic heterocycles. The molecule has 152 valence electrons. The van der Waals surface area contributed by atoms with E-state index in [4.69, 9.17) is 4.74 Å². The fraction of sp³-hybridized carbons (Fsp3) is 0.545. The first kappa shape index (κ1) is 20.6. The number of piperidine rings is 1. The van der Waals surface area contributed by atoms with E-state index >= 15 is 0 Å². The summed E-state index contributed by atoms with van der Waals surface area (Å²) in [5.74, 6) is -0.0157. The van der Waals surface area contributed by atoms with Crippen LogP contribution in [0.3, 0.4) is 0 Å². The molecule has 2 amide bonds. The molecule has 6 heteroatoms. The van der Waals surface area contributed by atoms with Crippen LogP contribution in [0.2, 0.25) is 0 Å². The van der Waals surface area contributed by atoms with E-state index in [-0.39, 0.29) is 17.9 Å². The lowest BCUT2D eigenvalue weighted by molar-refractivity contribution is -0.114. The first-order chi connectivity index (χ1) is 13.5. The molecule has 1 aromatic rings. The number of benzene rings is 1. The number of carbonyl (C=O) groups excluding carboxylic acids is 2. The van der Waals surface area contributed by atoms with Crippen LogP contribution in [0.5, 0.6) is 0 Å². The van der Waals surface area contributed by atoms with Crippen LogP contribution in [0, 0.1) is 0 Å². The zero-order valence-corrected chi connectivity index (χ0v) is 17.0. The summed E-state index contributed by atoms with van der Waals surface area (Å²) in [6.45, 7) is 7.39. The van der Waals surface area contributed by atoms with E-state index in [2.05, 4.69) is 11.5 Å². The number of nitrogens with zero attached hydrogens (tertiary/aromatic N) is 3. The van der Waals surface area contributed by atoms with Crippen LogP contribution in [0.25, 0.3) is 0 Å². The van der Waals surface area contributed by atoms with Gasteiger partial charge in [0.05, 0.1) is 12.7 Å². The van der Waals surface area contributed by atoms with E-state index in [0.29, 0.717) is 12.1 Å². The largest absolute Gasteiger partial charge is 0.377 e. The highest BCUT2D eigenvalue weighted by atomic mass is 16.5. The van der Waals surface area contributed by atoms with Gasteiger partial charge in [0.25, 0.3) is 5.91 Å². The quantitative estimate of drug-likeness (QED) is 0.706. The minimum Gasteiger partial charge on any atom is -0.377 e. The zero-order chi connectivity index (χ0) is 20.1. The van der Waals surface area contributed by atoms with Crippen molar-refractivity contribution in [1.82, 2.24) is 9.80 Å². The summed E-state index contributed by atoms with van der Waals surface area (Å²) in [7, 11) is 4.07. The number of hydrogen-bond donors (Lipinski definition) is 0. The van der Waals surface area contributed by atoms with Gasteiger partial charge in [-0.15, -0.1) is 0 Å². The number of hydrogen-bond acceptors (Lipinski definition) is 4. The molecule has 28 heavy (non-hydrogen) atoms. The Balaban J connectivity index is 1.60. The molecule has 0 aliphatic carbocycles. The second-order valence-corrected chi connectivity index (χ2v) is 7.81. The van der Waals surface area contributed by atoms with E-state index in [1.165, 1.54) is 6.08 Å². The number of aryl methyl sites for hydroxylation is 1. The first-order valence-corrected chi connectivity index (χ1v) is 10.1. The van der Waals surface area contributed by atoms with Gasteiger partial charge in [0, 0.05) is 37.4 Å². The predicted octanol–water partition coefficient (Wildman–Crippen LogP) is 2.33. The van der Waals surface area contributed by atoms with Gasteiger partial charge in [0.15, 0.2) is 0 Å². The Morgan fingerprint density at radius 1 is 1.25 bits per heavy atom. The molecule has 0 unspecified atom stereocenters. The topological polar surface area (TPSA) is 53.1 Å². The molecule has 0 spiro atoms. The minimum atomic E-state index is -0.0867. The highest BCUT2D eigenvalue weighted by Gasteiger charge is 2.26. The van der Waals surface area contributed by atoms with Crippen molar-refractivity contribution in [1.29, 1.82) is 0 Å². The standard InChI is InChI=1S/C22H31N3O3/c1-4-21(26)25-11-5-6-17-16-18(7-8-20(17)25)22(27)24-12-9-19(10-13-24)28-15-14-23(2)3/h4,7-8,16,19H,1,5-6,9-15H2,2-3H3. The number of fused-ring (bicyclic) bond motifs is 1. The number of likely N-dealkylation sites (tertiary alicyclic amines) is 1. The fourth-order valence-electron chi connectivity index (χ4n) is 3.88. The summed E-state index contributed by atoms with van der Waals surface area (Å²) < 4.78 is 5.92. The fourth-order valence-corrected chi connectivity index (χ4v) is 3.88. The molecule has 2 aliphatic heterocycles. The van der Waals surface area contributed by atoms with Crippen molar-refractivity contribution >= 4 is 17.5 Å². The zero-order valence-electron chi connectivity index (χ0n) is 17.0. The van der Waals surface area contributed by atoms with Crippen molar-refractivity contribution in [3.05, 3.63) is 42.0 Å². The summed E-state index contributed by atoms with van der Waals surface area (Å²) in [6, 6.07) is 5.70. The Morgan fingerprint density at radius 3 is 2.68 bits per heavy atom. The van der Waals surface area contributed by atoms with E-state index in [1.54, 1.807) is 4.90 Å². The van der Waals surface area contributed by atoms with Crippen molar-refractivity contribution in [2.45, 2.75) is 31.8 Å². The Hall–Kier alpha value is -2.18. The molecule has 0 saturated carbocycles. The maximum atomic E-state index is 12.9. The molecule has 0 bridgehead atoms. The second kappa shape index (κ2) is 9.34. The molecule has 0 N–H and O–H groups in total. The Bertz CT molecular complexity index is 724. The number of amides is 2. The van der Waals surface area contributed by atoms with Gasteiger partial charge in [-0.25, -0.2) is 0 Å². The van der Waals surface area contributed by atoms with Gasteiger partial charge >= 0.3 is 0 Å². The molecule has 6 nitrogen and oxygen atoms in total. The number of carbonyl (C=O) groups is 2. The Morgan fingerprint density at radius 2 is 2.00 bits per heavy atom. The number of rotatable bonds is 6. The molecule has 0 radical (unpaired) electrons. The number of anilines is 1. The van der Waals surface area contributed by atoms with E-state index in [9.17, 15) is 9.59 Å². The minimum absolute atomic E-state index is 0.0710. The first-order valence-electron chi connectivity index (χ1n) is 10.1. The smallest absolute Gasteiger partial charge is 0.253 e. The maximum Gasteiger partial charge on any atom is 0.253 e. The van der Waals surface area contributed by atoms with Crippen molar-refractivity contribution < 1.29 is 14.3 Å². The monoisotopic (exact) mass is 385 g/mol. The van der Waals surface area contributed by atoms with Crippen LogP contribution in [-0.2, 0) is 16.0 Å².